The molecule has 2 rings (SSSR count). The number of nitrogens with zero attached hydrogens (tertiary/aromatic N) is 1. The van der Waals surface area contributed by atoms with E-state index in [2.05, 4.69) is 37.2 Å². The summed E-state index contributed by atoms with van der Waals surface area (Å²) in [5.41, 5.74) is 4.58. The Hall–Kier alpha value is -1.57. The van der Waals surface area contributed by atoms with E-state index in [9.17, 15) is 0 Å². The van der Waals surface area contributed by atoms with Gasteiger partial charge < -0.3 is 4.52 Å². The lowest BCUT2D eigenvalue weighted by atomic mass is 10.0. The van der Waals surface area contributed by atoms with E-state index in [-0.39, 0.29) is 0 Å². The second kappa shape index (κ2) is 3.29. The van der Waals surface area contributed by atoms with Crippen LogP contribution in [0, 0.1) is 20.8 Å². The summed E-state index contributed by atoms with van der Waals surface area (Å²) in [6.45, 7) is 6.13. The van der Waals surface area contributed by atoms with Gasteiger partial charge >= 0.3 is 0 Å². The SMILES string of the molecule is Cc1cc(-c2ccc(C)c(C)c2)on1. The molecule has 0 spiro atoms. The van der Waals surface area contributed by atoms with Crippen LogP contribution in [0.3, 0.4) is 0 Å². The highest BCUT2D eigenvalue weighted by Gasteiger charge is 2.04. The van der Waals surface area contributed by atoms with Crippen molar-refractivity contribution in [3.63, 3.8) is 0 Å². The van der Waals surface area contributed by atoms with Gasteiger partial charge in [0, 0.05) is 11.6 Å². The van der Waals surface area contributed by atoms with E-state index >= 15 is 0 Å². The van der Waals surface area contributed by atoms with Crippen molar-refractivity contribution in [2.75, 3.05) is 0 Å². The van der Waals surface area contributed by atoms with Crippen LogP contribution in [0.1, 0.15) is 16.8 Å². The van der Waals surface area contributed by atoms with Crippen LogP contribution in [-0.2, 0) is 0 Å². The summed E-state index contributed by atoms with van der Waals surface area (Å²) in [5, 5.41) is 3.87. The molecule has 1 heterocycles. The van der Waals surface area contributed by atoms with Crippen molar-refractivity contribution in [2.45, 2.75) is 20.8 Å². The molecule has 0 radical (unpaired) electrons. The van der Waals surface area contributed by atoms with E-state index in [1.54, 1.807) is 0 Å². The summed E-state index contributed by atoms with van der Waals surface area (Å²) in [4.78, 5) is 0. The summed E-state index contributed by atoms with van der Waals surface area (Å²) in [6.07, 6.45) is 0. The van der Waals surface area contributed by atoms with Gasteiger partial charge in [0.05, 0.1) is 5.69 Å². The second-order valence-electron chi connectivity index (χ2n) is 3.63. The molecule has 72 valence electrons. The monoisotopic (exact) mass is 187 g/mol. The number of benzene rings is 1. The van der Waals surface area contributed by atoms with Crippen molar-refractivity contribution in [3.05, 3.63) is 41.1 Å². The van der Waals surface area contributed by atoms with E-state index in [0.29, 0.717) is 0 Å². The van der Waals surface area contributed by atoms with Crippen LogP contribution < -0.4 is 0 Å². The number of rotatable bonds is 1. The Morgan fingerprint density at radius 3 is 2.36 bits per heavy atom. The van der Waals surface area contributed by atoms with Gasteiger partial charge in [-0.1, -0.05) is 17.3 Å². The normalized spacial score (nSPS) is 10.5. The first-order valence-electron chi connectivity index (χ1n) is 4.68. The summed E-state index contributed by atoms with van der Waals surface area (Å²) >= 11 is 0. The Balaban J connectivity index is 2.47. The Labute approximate surface area is 83.5 Å². The molecule has 0 saturated carbocycles. The molecule has 0 unspecified atom stereocenters. The van der Waals surface area contributed by atoms with Crippen molar-refractivity contribution < 1.29 is 4.52 Å². The van der Waals surface area contributed by atoms with Crippen molar-refractivity contribution in [2.24, 2.45) is 0 Å². The molecule has 0 atom stereocenters. The molecule has 0 fully saturated rings. The first-order chi connectivity index (χ1) is 6.66. The van der Waals surface area contributed by atoms with Gasteiger partial charge in [-0.3, -0.25) is 0 Å². The fourth-order valence-corrected chi connectivity index (χ4v) is 1.39. The lowest BCUT2D eigenvalue weighted by molar-refractivity contribution is 0.427. The maximum atomic E-state index is 5.20. The smallest absolute Gasteiger partial charge is 0.167 e. The van der Waals surface area contributed by atoms with E-state index in [1.807, 2.05) is 13.0 Å². The highest BCUT2D eigenvalue weighted by Crippen LogP contribution is 2.22. The van der Waals surface area contributed by atoms with Crippen LogP contribution in [0.25, 0.3) is 11.3 Å². The van der Waals surface area contributed by atoms with E-state index in [4.69, 9.17) is 4.52 Å². The predicted octanol–water partition coefficient (Wildman–Crippen LogP) is 3.27. The fraction of sp³-hybridized carbons (Fsp3) is 0.250. The molecule has 1 aromatic carbocycles. The molecule has 2 heteroatoms. The minimum atomic E-state index is 0.839. The summed E-state index contributed by atoms with van der Waals surface area (Å²) in [5.74, 6) is 0.839. The molecule has 14 heavy (non-hydrogen) atoms. The average molecular weight is 187 g/mol. The quantitative estimate of drug-likeness (QED) is 0.684. The molecule has 0 N–H and O–H groups in total. The number of aromatic nitrogens is 1. The van der Waals surface area contributed by atoms with E-state index in [0.717, 1.165) is 17.0 Å². The van der Waals surface area contributed by atoms with Gasteiger partial charge in [0.25, 0.3) is 0 Å². The molecule has 2 nitrogen and oxygen atoms in total. The molecule has 0 amide bonds. The average Bonchev–Trinajstić information content (AvgIpc) is 2.57. The van der Waals surface area contributed by atoms with Gasteiger partial charge in [-0.15, -0.1) is 0 Å². The number of aryl methyl sites for hydroxylation is 3. The molecule has 0 bridgehead atoms. The second-order valence-corrected chi connectivity index (χ2v) is 3.63. The minimum absolute atomic E-state index is 0.839. The third-order valence-electron chi connectivity index (χ3n) is 2.42. The standard InChI is InChI=1S/C12H13NO/c1-8-4-5-11(6-9(8)2)12-7-10(3)13-14-12/h4-7H,1-3H3. The molecular formula is C12H13NO. The maximum Gasteiger partial charge on any atom is 0.167 e. The summed E-state index contributed by atoms with van der Waals surface area (Å²) in [7, 11) is 0. The molecule has 0 aliphatic carbocycles. The Kier molecular flexibility index (Phi) is 2.12. The van der Waals surface area contributed by atoms with Gasteiger partial charge in [0.15, 0.2) is 5.76 Å². The van der Waals surface area contributed by atoms with Gasteiger partial charge in [0.2, 0.25) is 0 Å². The van der Waals surface area contributed by atoms with Gasteiger partial charge in [-0.05, 0) is 38.0 Å². The van der Waals surface area contributed by atoms with Crippen LogP contribution in [0.2, 0.25) is 0 Å². The van der Waals surface area contributed by atoms with Crippen LogP contribution in [0.4, 0.5) is 0 Å². The number of hydrogen-bond donors (Lipinski definition) is 0. The van der Waals surface area contributed by atoms with Crippen LogP contribution >= 0.6 is 0 Å². The lowest BCUT2D eigenvalue weighted by Gasteiger charge is -2.01. The molecule has 0 aliphatic rings. The zero-order valence-electron chi connectivity index (χ0n) is 8.66. The zero-order chi connectivity index (χ0) is 10.1. The fourth-order valence-electron chi connectivity index (χ4n) is 1.39. The summed E-state index contributed by atoms with van der Waals surface area (Å²) in [6, 6.07) is 8.23. The number of hydrogen-bond acceptors (Lipinski definition) is 2. The highest BCUT2D eigenvalue weighted by atomic mass is 16.5. The Morgan fingerprint density at radius 1 is 1.00 bits per heavy atom. The van der Waals surface area contributed by atoms with Gasteiger partial charge in [0.1, 0.15) is 0 Å². The van der Waals surface area contributed by atoms with Gasteiger partial charge in [-0.25, -0.2) is 0 Å². The lowest BCUT2D eigenvalue weighted by Crippen LogP contribution is -1.81. The Bertz CT molecular complexity index is 457. The van der Waals surface area contributed by atoms with Crippen molar-refractivity contribution in [1.82, 2.24) is 5.16 Å². The van der Waals surface area contributed by atoms with E-state index < -0.39 is 0 Å². The Morgan fingerprint density at radius 2 is 1.79 bits per heavy atom. The molecule has 2 aromatic rings. The first-order valence-corrected chi connectivity index (χ1v) is 4.68. The minimum Gasteiger partial charge on any atom is -0.356 e. The van der Waals surface area contributed by atoms with Crippen molar-refractivity contribution in [1.29, 1.82) is 0 Å². The topological polar surface area (TPSA) is 26.0 Å². The predicted molar refractivity (Wildman–Crippen MR) is 56.2 cm³/mol. The first kappa shape index (κ1) is 9.00. The highest BCUT2D eigenvalue weighted by molar-refractivity contribution is 5.59. The van der Waals surface area contributed by atoms with Crippen molar-refractivity contribution >= 4 is 0 Å². The maximum absolute atomic E-state index is 5.20. The molecule has 0 aliphatic heterocycles. The van der Waals surface area contributed by atoms with Crippen LogP contribution in [0.5, 0.6) is 0 Å². The van der Waals surface area contributed by atoms with Crippen LogP contribution in [-0.4, -0.2) is 5.16 Å². The van der Waals surface area contributed by atoms with E-state index in [1.165, 1.54) is 11.1 Å². The van der Waals surface area contributed by atoms with Crippen molar-refractivity contribution in [3.8, 4) is 11.3 Å². The molecular weight excluding hydrogens is 174 g/mol. The van der Waals surface area contributed by atoms with Crippen LogP contribution in [0.15, 0.2) is 28.8 Å². The largest absolute Gasteiger partial charge is 0.356 e. The third kappa shape index (κ3) is 1.55. The third-order valence-corrected chi connectivity index (χ3v) is 2.42. The van der Waals surface area contributed by atoms with Gasteiger partial charge in [-0.2, -0.15) is 0 Å². The molecule has 0 saturated heterocycles. The zero-order valence-corrected chi connectivity index (χ0v) is 8.66. The summed E-state index contributed by atoms with van der Waals surface area (Å²) < 4.78 is 5.20. The molecule has 1 aromatic heterocycles.